The van der Waals surface area contributed by atoms with E-state index in [-0.39, 0.29) is 0 Å². The first-order chi connectivity index (χ1) is 10.7. The van der Waals surface area contributed by atoms with Crippen LogP contribution in [0.1, 0.15) is 5.56 Å². The van der Waals surface area contributed by atoms with Gasteiger partial charge in [0.15, 0.2) is 5.58 Å². The van der Waals surface area contributed by atoms with E-state index in [4.69, 9.17) is 13.9 Å². The van der Waals surface area contributed by atoms with Crippen LogP contribution in [0.4, 0.5) is 0 Å². The van der Waals surface area contributed by atoms with Gasteiger partial charge in [-0.15, -0.1) is 0 Å². The highest BCUT2D eigenvalue weighted by Crippen LogP contribution is 2.36. The normalized spacial score (nSPS) is 10.9. The van der Waals surface area contributed by atoms with Crippen molar-refractivity contribution in [2.75, 3.05) is 14.2 Å². The molecule has 4 nitrogen and oxygen atoms in total. The molecule has 0 radical (unpaired) electrons. The smallest absolute Gasteiger partial charge is 0.257 e. The molecule has 0 saturated carbocycles. The number of ether oxygens (including phenoxy) is 2. The molecule has 0 saturated heterocycles. The number of methoxy groups -OCH3 is 2. The Bertz CT molecular complexity index is 770. The fraction of sp³-hybridized carbons (Fsp3) is 0.188. The van der Waals surface area contributed by atoms with E-state index in [1.807, 2.05) is 36.4 Å². The highest BCUT2D eigenvalue weighted by molar-refractivity contribution is 9.10. The van der Waals surface area contributed by atoms with Gasteiger partial charge in [0.05, 0.1) is 18.7 Å². The SMILES string of the molecule is COc1cc(CSc2nc3ccccc3o2)c(OC)cc1Br. The number of para-hydroxylation sites is 2. The summed E-state index contributed by atoms with van der Waals surface area (Å²) < 4.78 is 17.3. The summed E-state index contributed by atoms with van der Waals surface area (Å²) >= 11 is 4.98. The molecule has 3 aromatic rings. The molecule has 0 atom stereocenters. The number of fused-ring (bicyclic) bond motifs is 1. The van der Waals surface area contributed by atoms with Crippen LogP contribution in [0, 0.1) is 0 Å². The van der Waals surface area contributed by atoms with Gasteiger partial charge >= 0.3 is 0 Å². The first-order valence-electron chi connectivity index (χ1n) is 6.60. The van der Waals surface area contributed by atoms with E-state index in [1.165, 1.54) is 11.8 Å². The summed E-state index contributed by atoms with van der Waals surface area (Å²) in [5.74, 6) is 2.25. The summed E-state index contributed by atoms with van der Waals surface area (Å²) in [6.45, 7) is 0. The predicted molar refractivity (Wildman–Crippen MR) is 90.8 cm³/mol. The molecular formula is C16H14BrNO3S. The molecule has 3 rings (SSSR count). The number of rotatable bonds is 5. The Morgan fingerprint density at radius 1 is 1.14 bits per heavy atom. The van der Waals surface area contributed by atoms with Crippen molar-refractivity contribution in [3.63, 3.8) is 0 Å². The molecule has 22 heavy (non-hydrogen) atoms. The Labute approximate surface area is 140 Å². The lowest BCUT2D eigenvalue weighted by Gasteiger charge is -2.11. The van der Waals surface area contributed by atoms with E-state index in [9.17, 15) is 0 Å². The van der Waals surface area contributed by atoms with Gasteiger partial charge in [0.25, 0.3) is 5.22 Å². The van der Waals surface area contributed by atoms with Crippen molar-refractivity contribution in [3.05, 3.63) is 46.4 Å². The molecule has 0 aliphatic heterocycles. The first kappa shape index (κ1) is 15.2. The van der Waals surface area contributed by atoms with Gasteiger partial charge in [0, 0.05) is 11.3 Å². The molecule has 2 aromatic carbocycles. The van der Waals surface area contributed by atoms with E-state index < -0.39 is 0 Å². The molecule has 0 spiro atoms. The van der Waals surface area contributed by atoms with Crippen LogP contribution in [0.5, 0.6) is 11.5 Å². The third kappa shape index (κ3) is 3.08. The van der Waals surface area contributed by atoms with Gasteiger partial charge in [-0.3, -0.25) is 0 Å². The van der Waals surface area contributed by atoms with Crippen LogP contribution >= 0.6 is 27.7 Å². The monoisotopic (exact) mass is 379 g/mol. The molecule has 6 heteroatoms. The van der Waals surface area contributed by atoms with Crippen molar-refractivity contribution in [3.8, 4) is 11.5 Å². The molecular weight excluding hydrogens is 366 g/mol. The Morgan fingerprint density at radius 2 is 1.91 bits per heavy atom. The number of halogens is 1. The topological polar surface area (TPSA) is 44.5 Å². The zero-order chi connectivity index (χ0) is 15.5. The summed E-state index contributed by atoms with van der Waals surface area (Å²) in [5, 5.41) is 0.644. The van der Waals surface area contributed by atoms with Gasteiger partial charge in [-0.2, -0.15) is 0 Å². The highest BCUT2D eigenvalue weighted by atomic mass is 79.9. The van der Waals surface area contributed by atoms with Gasteiger partial charge < -0.3 is 13.9 Å². The summed E-state index contributed by atoms with van der Waals surface area (Å²) in [7, 11) is 3.30. The molecule has 1 heterocycles. The Hall–Kier alpha value is -1.66. The van der Waals surface area contributed by atoms with E-state index >= 15 is 0 Å². The zero-order valence-electron chi connectivity index (χ0n) is 12.1. The van der Waals surface area contributed by atoms with Crippen molar-refractivity contribution in [2.24, 2.45) is 0 Å². The van der Waals surface area contributed by atoms with Crippen LogP contribution in [-0.2, 0) is 5.75 Å². The molecule has 1 aromatic heterocycles. The summed E-state index contributed by atoms with van der Waals surface area (Å²) in [6, 6.07) is 11.6. The fourth-order valence-electron chi connectivity index (χ4n) is 2.09. The Kier molecular flexibility index (Phi) is 4.59. The molecule has 0 aliphatic carbocycles. The van der Waals surface area contributed by atoms with Crippen molar-refractivity contribution < 1.29 is 13.9 Å². The minimum atomic E-state index is 0.644. The maximum Gasteiger partial charge on any atom is 0.257 e. The number of hydrogen-bond donors (Lipinski definition) is 0. The van der Waals surface area contributed by atoms with Crippen molar-refractivity contribution >= 4 is 38.8 Å². The predicted octanol–water partition coefficient (Wildman–Crippen LogP) is 4.90. The number of benzene rings is 2. The lowest BCUT2D eigenvalue weighted by molar-refractivity contribution is 0.398. The maximum atomic E-state index is 5.71. The highest BCUT2D eigenvalue weighted by Gasteiger charge is 2.12. The van der Waals surface area contributed by atoms with Gasteiger partial charge in [-0.1, -0.05) is 23.9 Å². The second-order valence-corrected chi connectivity index (χ2v) is 6.32. The van der Waals surface area contributed by atoms with Gasteiger partial charge in [0.2, 0.25) is 0 Å². The summed E-state index contributed by atoms with van der Waals surface area (Å²) in [6.07, 6.45) is 0. The molecule has 0 amide bonds. The van der Waals surface area contributed by atoms with E-state index in [2.05, 4.69) is 20.9 Å². The van der Waals surface area contributed by atoms with Crippen LogP contribution in [0.3, 0.4) is 0 Å². The molecule has 0 bridgehead atoms. The molecule has 114 valence electrons. The first-order valence-corrected chi connectivity index (χ1v) is 8.38. The number of aromatic nitrogens is 1. The standard InChI is InChI=1S/C16H14BrNO3S/c1-19-14-8-11(17)15(20-2)7-10(14)9-22-16-18-12-5-3-4-6-13(12)21-16/h3-8H,9H2,1-2H3. The van der Waals surface area contributed by atoms with Crippen LogP contribution < -0.4 is 9.47 Å². The van der Waals surface area contributed by atoms with Crippen LogP contribution in [0.25, 0.3) is 11.1 Å². The average Bonchev–Trinajstić information content (AvgIpc) is 2.96. The number of thioether (sulfide) groups is 1. The number of nitrogens with zero attached hydrogens (tertiary/aromatic N) is 1. The van der Waals surface area contributed by atoms with Gasteiger partial charge in [-0.25, -0.2) is 4.98 Å². The second-order valence-electron chi connectivity index (χ2n) is 4.53. The Morgan fingerprint density at radius 3 is 2.64 bits per heavy atom. The second kappa shape index (κ2) is 6.62. The molecule has 0 N–H and O–H groups in total. The van der Waals surface area contributed by atoms with E-state index in [0.717, 1.165) is 32.6 Å². The number of oxazole rings is 1. The maximum absolute atomic E-state index is 5.71. The van der Waals surface area contributed by atoms with Crippen LogP contribution in [0.2, 0.25) is 0 Å². The summed E-state index contributed by atoms with van der Waals surface area (Å²) in [5.41, 5.74) is 2.69. The van der Waals surface area contributed by atoms with E-state index in [1.54, 1.807) is 14.2 Å². The molecule has 0 fully saturated rings. The third-order valence-electron chi connectivity index (χ3n) is 3.18. The van der Waals surface area contributed by atoms with Crippen LogP contribution in [0.15, 0.2) is 50.5 Å². The van der Waals surface area contributed by atoms with Crippen molar-refractivity contribution in [1.29, 1.82) is 0 Å². The number of hydrogen-bond acceptors (Lipinski definition) is 5. The lowest BCUT2D eigenvalue weighted by Crippen LogP contribution is -1.93. The van der Waals surface area contributed by atoms with Gasteiger partial charge in [-0.05, 0) is 40.2 Å². The largest absolute Gasteiger partial charge is 0.496 e. The van der Waals surface area contributed by atoms with Crippen molar-refractivity contribution in [1.82, 2.24) is 4.98 Å². The average molecular weight is 380 g/mol. The minimum absolute atomic E-state index is 0.644. The van der Waals surface area contributed by atoms with Crippen LogP contribution in [-0.4, -0.2) is 19.2 Å². The molecule has 0 aliphatic rings. The van der Waals surface area contributed by atoms with Gasteiger partial charge in [0.1, 0.15) is 17.0 Å². The van der Waals surface area contributed by atoms with E-state index in [0.29, 0.717) is 11.0 Å². The third-order valence-corrected chi connectivity index (χ3v) is 4.68. The zero-order valence-corrected chi connectivity index (χ0v) is 14.5. The quantitative estimate of drug-likeness (QED) is 0.589. The molecule has 0 unspecified atom stereocenters. The lowest BCUT2D eigenvalue weighted by atomic mass is 10.2. The summed E-state index contributed by atoms with van der Waals surface area (Å²) in [4.78, 5) is 4.46. The minimum Gasteiger partial charge on any atom is -0.496 e. The Balaban J connectivity index is 1.83. The fourth-order valence-corrected chi connectivity index (χ4v) is 3.39. The van der Waals surface area contributed by atoms with Crippen molar-refractivity contribution in [2.45, 2.75) is 11.0 Å².